The maximum absolute atomic E-state index is 3.03. The lowest BCUT2D eigenvalue weighted by molar-refractivity contribution is 1.16. The van der Waals surface area contributed by atoms with E-state index in [-0.39, 0.29) is 0 Å². The molecule has 10 aromatic carbocycles. The number of aromatic nitrogens is 2. The van der Waals surface area contributed by atoms with Crippen LogP contribution in [-0.2, 0) is 0 Å². The molecule has 3 heteroatoms. The Balaban J connectivity index is 1.26. The quantitative estimate of drug-likeness (QED) is 0.107. The second kappa shape index (κ2) is 15.2. The predicted molar refractivity (Wildman–Crippen MR) is 270 cm³/mol. The Kier molecular flexibility index (Phi) is 8.87. The summed E-state index contributed by atoms with van der Waals surface area (Å²) in [4.78, 5) is 0. The molecule has 2 heterocycles. The Bertz CT molecular complexity index is 3500. The molecule has 0 radical (unpaired) electrons. The van der Waals surface area contributed by atoms with E-state index in [2.05, 4.69) is 264 Å². The van der Waals surface area contributed by atoms with Crippen LogP contribution in [0, 0.1) is 0 Å². The fourth-order valence-corrected chi connectivity index (χ4v) is 15.4. The maximum Gasteiger partial charge on any atom is 0.181 e. The van der Waals surface area contributed by atoms with Crippen LogP contribution in [0.1, 0.15) is 0 Å². The van der Waals surface area contributed by atoms with E-state index in [0.717, 1.165) is 11.4 Å². The van der Waals surface area contributed by atoms with Gasteiger partial charge in [-0.2, -0.15) is 0 Å². The summed E-state index contributed by atoms with van der Waals surface area (Å²) in [7, 11) is -3.03. The molecule has 0 saturated heterocycles. The second-order valence-electron chi connectivity index (χ2n) is 16.4. The summed E-state index contributed by atoms with van der Waals surface area (Å²) in [6.07, 6.45) is 0. The highest BCUT2D eigenvalue weighted by molar-refractivity contribution is 7.20. The fraction of sp³-hybridized carbons (Fsp3) is 0. The predicted octanol–water partition coefficient (Wildman–Crippen LogP) is 12.6. The fourth-order valence-electron chi connectivity index (χ4n) is 10.4. The van der Waals surface area contributed by atoms with Crippen molar-refractivity contribution in [3.63, 3.8) is 0 Å². The monoisotopic (exact) mass is 818 g/mol. The Morgan fingerprint density at radius 1 is 0.302 bits per heavy atom. The minimum atomic E-state index is -3.03. The van der Waals surface area contributed by atoms with Crippen molar-refractivity contribution in [1.82, 2.24) is 9.13 Å². The molecule has 0 unspecified atom stereocenters. The van der Waals surface area contributed by atoms with Crippen LogP contribution in [0.5, 0.6) is 0 Å². The number of hydrogen-bond donors (Lipinski definition) is 0. The summed E-state index contributed by atoms with van der Waals surface area (Å²) in [5, 5.41) is 10.4. The summed E-state index contributed by atoms with van der Waals surface area (Å²) < 4.78 is 5.07. The zero-order valence-electron chi connectivity index (χ0n) is 34.6. The molecular formula is C60H42N2Si. The van der Waals surface area contributed by atoms with Gasteiger partial charge in [0.25, 0.3) is 0 Å². The van der Waals surface area contributed by atoms with Gasteiger partial charge in [-0.3, -0.25) is 0 Å². The molecule has 63 heavy (non-hydrogen) atoms. The van der Waals surface area contributed by atoms with E-state index in [4.69, 9.17) is 0 Å². The summed E-state index contributed by atoms with van der Waals surface area (Å²) >= 11 is 0. The molecular weight excluding hydrogens is 777 g/mol. The lowest BCUT2D eigenvalue weighted by Gasteiger charge is -2.35. The molecule has 296 valence electrons. The molecule has 0 aliphatic rings. The van der Waals surface area contributed by atoms with Crippen molar-refractivity contribution >= 4 is 72.4 Å². The van der Waals surface area contributed by atoms with Crippen LogP contribution >= 0.6 is 0 Å². The summed E-state index contributed by atoms with van der Waals surface area (Å²) in [5.74, 6) is 0. The van der Waals surface area contributed by atoms with Crippen molar-refractivity contribution in [3.05, 3.63) is 255 Å². The van der Waals surface area contributed by atoms with Gasteiger partial charge in [0.15, 0.2) is 8.07 Å². The molecule has 0 saturated carbocycles. The minimum Gasteiger partial charge on any atom is -0.309 e. The third kappa shape index (κ3) is 5.78. The van der Waals surface area contributed by atoms with Crippen molar-refractivity contribution < 1.29 is 0 Å². The van der Waals surface area contributed by atoms with Crippen molar-refractivity contribution in [3.8, 4) is 33.6 Å². The number of benzene rings is 10. The molecule has 2 aromatic heterocycles. The number of para-hydroxylation sites is 3. The van der Waals surface area contributed by atoms with Crippen molar-refractivity contribution in [2.24, 2.45) is 0 Å². The summed E-state index contributed by atoms with van der Waals surface area (Å²) in [5.41, 5.74) is 11.9. The van der Waals surface area contributed by atoms with Gasteiger partial charge in [0, 0.05) is 32.8 Å². The van der Waals surface area contributed by atoms with Crippen LogP contribution in [0.25, 0.3) is 77.2 Å². The normalized spacial score (nSPS) is 11.8. The molecule has 0 spiro atoms. The van der Waals surface area contributed by atoms with Crippen LogP contribution in [0.4, 0.5) is 0 Å². The third-order valence-electron chi connectivity index (χ3n) is 13.1. The first-order valence-corrected chi connectivity index (χ1v) is 23.8. The van der Waals surface area contributed by atoms with Crippen LogP contribution < -0.4 is 20.7 Å². The first-order chi connectivity index (χ1) is 31.3. The average Bonchev–Trinajstić information content (AvgIpc) is 3.89. The molecule has 12 aromatic rings. The van der Waals surface area contributed by atoms with Gasteiger partial charge >= 0.3 is 0 Å². The standard InChI is InChI=1S/C60H42N2Si/c1-6-22-43(23-7-1)49-32-16-19-35-54(49)62-55-36-20-17-33-51(55)52-39-38-45(42-57(52)62)61-56-37-21-18-34-53(56)59-50(44-24-8-2-9-25-44)40-41-58(60(59)61)63(46-26-10-3-11-27-46,47-28-12-4-13-29-47)48-30-14-5-15-31-48/h1-42H. The van der Waals surface area contributed by atoms with Gasteiger partial charge in [0.05, 0.1) is 27.8 Å². The van der Waals surface area contributed by atoms with Gasteiger partial charge in [-0.05, 0) is 67.8 Å². The van der Waals surface area contributed by atoms with Gasteiger partial charge < -0.3 is 9.13 Å². The molecule has 0 bridgehead atoms. The van der Waals surface area contributed by atoms with Crippen molar-refractivity contribution in [1.29, 1.82) is 0 Å². The van der Waals surface area contributed by atoms with E-state index in [9.17, 15) is 0 Å². The number of nitrogens with zero attached hydrogens (tertiary/aromatic N) is 2. The van der Waals surface area contributed by atoms with E-state index < -0.39 is 8.07 Å². The number of rotatable bonds is 8. The van der Waals surface area contributed by atoms with Crippen molar-refractivity contribution in [2.75, 3.05) is 0 Å². The maximum atomic E-state index is 2.59. The smallest absolute Gasteiger partial charge is 0.181 e. The van der Waals surface area contributed by atoms with E-state index in [0.29, 0.717) is 0 Å². The summed E-state index contributed by atoms with van der Waals surface area (Å²) in [6, 6.07) is 94.4. The van der Waals surface area contributed by atoms with Gasteiger partial charge in [0.1, 0.15) is 0 Å². The molecule has 0 atom stereocenters. The zero-order valence-corrected chi connectivity index (χ0v) is 35.6. The van der Waals surface area contributed by atoms with Crippen LogP contribution in [0.2, 0.25) is 0 Å². The summed E-state index contributed by atoms with van der Waals surface area (Å²) in [6.45, 7) is 0. The van der Waals surface area contributed by atoms with Crippen molar-refractivity contribution in [2.45, 2.75) is 0 Å². The Hall–Kier alpha value is -7.98. The van der Waals surface area contributed by atoms with E-state index >= 15 is 0 Å². The first-order valence-electron chi connectivity index (χ1n) is 21.8. The van der Waals surface area contributed by atoms with E-state index in [1.54, 1.807) is 0 Å². The molecule has 0 N–H and O–H groups in total. The van der Waals surface area contributed by atoms with Gasteiger partial charge in [-0.25, -0.2) is 0 Å². The van der Waals surface area contributed by atoms with E-state index in [1.807, 2.05) is 0 Å². The molecule has 0 aliphatic heterocycles. The first kappa shape index (κ1) is 36.8. The topological polar surface area (TPSA) is 9.86 Å². The highest BCUT2D eigenvalue weighted by atomic mass is 28.3. The zero-order chi connectivity index (χ0) is 41.7. The highest BCUT2D eigenvalue weighted by Gasteiger charge is 2.44. The van der Waals surface area contributed by atoms with Crippen LogP contribution in [0.3, 0.4) is 0 Å². The SMILES string of the molecule is c1ccc(-c2ccccc2-n2c3ccccc3c3ccc(-n4c5ccccc5c5c(-c6ccccc6)ccc([Si](c6ccccc6)(c6ccccc6)c6ccccc6)c54)cc32)cc1. The molecule has 12 rings (SSSR count). The lowest BCUT2D eigenvalue weighted by Crippen LogP contribution is -2.75. The van der Waals surface area contributed by atoms with E-state index in [1.165, 1.54) is 86.6 Å². The second-order valence-corrected chi connectivity index (χ2v) is 20.2. The Morgan fingerprint density at radius 2 is 0.762 bits per heavy atom. The molecule has 2 nitrogen and oxygen atoms in total. The minimum absolute atomic E-state index is 1.12. The number of fused-ring (bicyclic) bond motifs is 6. The lowest BCUT2D eigenvalue weighted by atomic mass is 9.99. The molecule has 0 aliphatic carbocycles. The largest absolute Gasteiger partial charge is 0.309 e. The Labute approximate surface area is 368 Å². The van der Waals surface area contributed by atoms with Crippen LogP contribution in [0.15, 0.2) is 255 Å². The van der Waals surface area contributed by atoms with Gasteiger partial charge in [-0.15, -0.1) is 0 Å². The molecule has 0 fully saturated rings. The Morgan fingerprint density at radius 3 is 1.37 bits per heavy atom. The van der Waals surface area contributed by atoms with Gasteiger partial charge in [-0.1, -0.05) is 224 Å². The highest BCUT2D eigenvalue weighted by Crippen LogP contribution is 2.41. The third-order valence-corrected chi connectivity index (χ3v) is 17.9. The number of hydrogen-bond acceptors (Lipinski definition) is 0. The van der Waals surface area contributed by atoms with Crippen LogP contribution in [-0.4, -0.2) is 17.2 Å². The van der Waals surface area contributed by atoms with Gasteiger partial charge in [0.2, 0.25) is 0 Å². The molecule has 0 amide bonds. The average molecular weight is 819 g/mol.